The van der Waals surface area contributed by atoms with Gasteiger partial charge in [0.25, 0.3) is 0 Å². The predicted molar refractivity (Wildman–Crippen MR) is 85.0 cm³/mol. The Bertz CT molecular complexity index is 335. The van der Waals surface area contributed by atoms with Crippen molar-refractivity contribution in [3.8, 4) is 0 Å². The molecule has 2 bridgehead atoms. The van der Waals surface area contributed by atoms with Crippen LogP contribution in [0, 0.1) is 5.92 Å². The molecule has 4 nitrogen and oxygen atoms in total. The molecule has 2 heterocycles. The number of halogens is 1. The summed E-state index contributed by atoms with van der Waals surface area (Å²) in [6.07, 6.45) is 3.62. The number of nitrogens with two attached hydrogens (primary N) is 1. The van der Waals surface area contributed by atoms with Crippen LogP contribution in [0.15, 0.2) is 0 Å². The Morgan fingerprint density at radius 3 is 2.25 bits per heavy atom. The maximum atomic E-state index is 12.4. The minimum Gasteiger partial charge on any atom is -0.340 e. The van der Waals surface area contributed by atoms with Crippen LogP contribution in [0.1, 0.15) is 47.0 Å². The minimum absolute atomic E-state index is 0. The van der Waals surface area contributed by atoms with E-state index in [-0.39, 0.29) is 30.3 Å². The molecular weight excluding hydrogens is 274 g/mol. The first-order valence-electron chi connectivity index (χ1n) is 7.73. The van der Waals surface area contributed by atoms with Crippen LogP contribution in [0.5, 0.6) is 0 Å². The third-order valence-electron chi connectivity index (χ3n) is 4.75. The molecule has 2 rings (SSSR count). The average Bonchev–Trinajstić information content (AvgIpc) is 2.62. The Morgan fingerprint density at radius 2 is 1.70 bits per heavy atom. The molecule has 0 aromatic heterocycles. The molecule has 2 fully saturated rings. The zero-order valence-corrected chi connectivity index (χ0v) is 14.0. The van der Waals surface area contributed by atoms with Crippen molar-refractivity contribution < 1.29 is 4.79 Å². The van der Waals surface area contributed by atoms with Gasteiger partial charge in [0.15, 0.2) is 0 Å². The Kier molecular flexibility index (Phi) is 6.29. The maximum Gasteiger partial charge on any atom is 0.239 e. The van der Waals surface area contributed by atoms with E-state index in [4.69, 9.17) is 5.73 Å². The Labute approximate surface area is 129 Å². The van der Waals surface area contributed by atoms with E-state index in [1.807, 2.05) is 18.7 Å². The molecule has 2 N–H and O–H groups in total. The highest BCUT2D eigenvalue weighted by molar-refractivity contribution is 5.85. The van der Waals surface area contributed by atoms with Gasteiger partial charge in [-0.25, -0.2) is 0 Å². The van der Waals surface area contributed by atoms with E-state index in [2.05, 4.69) is 18.7 Å². The van der Waals surface area contributed by atoms with Gasteiger partial charge in [-0.15, -0.1) is 12.4 Å². The highest BCUT2D eigenvalue weighted by Gasteiger charge is 2.40. The average molecular weight is 304 g/mol. The van der Waals surface area contributed by atoms with Crippen molar-refractivity contribution in [2.75, 3.05) is 13.1 Å². The van der Waals surface area contributed by atoms with E-state index in [1.54, 1.807) is 0 Å². The number of amides is 1. The lowest BCUT2D eigenvalue weighted by atomic mass is 10.0. The number of carbonyl (C=O) groups is 1. The Morgan fingerprint density at radius 1 is 1.10 bits per heavy atom. The molecule has 0 radical (unpaired) electrons. The number of rotatable bonds is 3. The highest BCUT2D eigenvalue weighted by Crippen LogP contribution is 2.32. The van der Waals surface area contributed by atoms with Gasteiger partial charge in [-0.3, -0.25) is 9.69 Å². The van der Waals surface area contributed by atoms with Gasteiger partial charge in [0.2, 0.25) is 5.91 Å². The van der Waals surface area contributed by atoms with Gasteiger partial charge >= 0.3 is 0 Å². The summed E-state index contributed by atoms with van der Waals surface area (Å²) in [6, 6.07) is 1.43. The monoisotopic (exact) mass is 303 g/mol. The van der Waals surface area contributed by atoms with Gasteiger partial charge in [0.05, 0.1) is 6.04 Å². The van der Waals surface area contributed by atoms with Crippen LogP contribution in [0.2, 0.25) is 0 Å². The standard InChI is InChI=1S/C15H29N3O.ClH/c1-10(2)14(16)15(19)17-8-7-12-5-6-13(9-17)18(12)11(3)4;/h10-14H,5-9,16H2,1-4H3;1H. The van der Waals surface area contributed by atoms with Crippen LogP contribution in [-0.2, 0) is 4.79 Å². The quantitative estimate of drug-likeness (QED) is 0.866. The van der Waals surface area contributed by atoms with Crippen molar-refractivity contribution >= 4 is 18.3 Å². The second-order valence-corrected chi connectivity index (χ2v) is 6.77. The third-order valence-corrected chi connectivity index (χ3v) is 4.75. The fraction of sp³-hybridized carbons (Fsp3) is 0.933. The van der Waals surface area contributed by atoms with Crippen molar-refractivity contribution in [3.05, 3.63) is 0 Å². The lowest BCUT2D eigenvalue weighted by Crippen LogP contribution is -2.50. The minimum atomic E-state index is -0.343. The second kappa shape index (κ2) is 7.10. The first-order valence-corrected chi connectivity index (χ1v) is 7.73. The lowest BCUT2D eigenvalue weighted by molar-refractivity contribution is -0.134. The summed E-state index contributed by atoms with van der Waals surface area (Å²) in [6.45, 7) is 10.3. The number of hydrogen-bond acceptors (Lipinski definition) is 3. The Balaban J connectivity index is 0.00000200. The molecule has 2 aliphatic rings. The van der Waals surface area contributed by atoms with E-state index < -0.39 is 0 Å². The highest BCUT2D eigenvalue weighted by atomic mass is 35.5. The van der Waals surface area contributed by atoms with Crippen LogP contribution >= 0.6 is 12.4 Å². The molecule has 0 aromatic rings. The smallest absolute Gasteiger partial charge is 0.239 e. The second-order valence-electron chi connectivity index (χ2n) is 6.77. The summed E-state index contributed by atoms with van der Waals surface area (Å²) >= 11 is 0. The largest absolute Gasteiger partial charge is 0.340 e. The summed E-state index contributed by atoms with van der Waals surface area (Å²) in [5, 5.41) is 0. The first kappa shape index (κ1) is 17.7. The summed E-state index contributed by atoms with van der Waals surface area (Å²) < 4.78 is 0. The zero-order chi connectivity index (χ0) is 14.2. The number of nitrogens with zero attached hydrogens (tertiary/aromatic N) is 2. The van der Waals surface area contributed by atoms with Crippen molar-refractivity contribution in [3.63, 3.8) is 0 Å². The summed E-state index contributed by atoms with van der Waals surface area (Å²) in [7, 11) is 0. The summed E-state index contributed by atoms with van der Waals surface area (Å²) in [4.78, 5) is 17.1. The number of fused-ring (bicyclic) bond motifs is 2. The van der Waals surface area contributed by atoms with Crippen LogP contribution in [-0.4, -0.2) is 53.0 Å². The topological polar surface area (TPSA) is 49.6 Å². The maximum absolute atomic E-state index is 12.4. The normalized spacial score (nSPS) is 28.4. The van der Waals surface area contributed by atoms with Crippen molar-refractivity contribution in [2.45, 2.75) is 71.1 Å². The SMILES string of the molecule is CC(C)C(N)C(=O)N1CCC2CCC(C1)N2C(C)C.Cl. The molecule has 3 atom stereocenters. The molecule has 2 saturated heterocycles. The third kappa shape index (κ3) is 3.46. The Hall–Kier alpha value is -0.320. The van der Waals surface area contributed by atoms with E-state index in [1.165, 1.54) is 12.8 Å². The van der Waals surface area contributed by atoms with Crippen molar-refractivity contribution in [1.29, 1.82) is 0 Å². The van der Waals surface area contributed by atoms with E-state index in [9.17, 15) is 4.79 Å². The number of hydrogen-bond donors (Lipinski definition) is 1. The van der Waals surface area contributed by atoms with Crippen molar-refractivity contribution in [2.24, 2.45) is 11.7 Å². The van der Waals surface area contributed by atoms with Gasteiger partial charge in [-0.05, 0) is 39.0 Å². The molecular formula is C15H30ClN3O. The van der Waals surface area contributed by atoms with E-state index in [0.29, 0.717) is 18.1 Å². The molecule has 3 unspecified atom stereocenters. The summed E-state index contributed by atoms with van der Waals surface area (Å²) in [5.74, 6) is 0.361. The molecule has 0 aromatic carbocycles. The first-order chi connectivity index (χ1) is 8.91. The fourth-order valence-corrected chi connectivity index (χ4v) is 3.65. The predicted octanol–water partition coefficient (Wildman–Crippen LogP) is 1.87. The molecule has 20 heavy (non-hydrogen) atoms. The van der Waals surface area contributed by atoms with Gasteiger partial charge in [-0.2, -0.15) is 0 Å². The van der Waals surface area contributed by atoms with Crippen LogP contribution < -0.4 is 5.73 Å². The molecule has 0 saturated carbocycles. The molecule has 0 spiro atoms. The fourth-order valence-electron chi connectivity index (χ4n) is 3.65. The van der Waals surface area contributed by atoms with Crippen molar-refractivity contribution in [1.82, 2.24) is 9.80 Å². The van der Waals surface area contributed by atoms with Gasteiger partial charge < -0.3 is 10.6 Å². The van der Waals surface area contributed by atoms with Gasteiger partial charge in [-0.1, -0.05) is 13.8 Å². The molecule has 5 heteroatoms. The molecule has 2 aliphatic heterocycles. The number of likely N-dealkylation sites (tertiary alicyclic amines) is 1. The van der Waals surface area contributed by atoms with E-state index in [0.717, 1.165) is 19.5 Å². The van der Waals surface area contributed by atoms with Gasteiger partial charge in [0.1, 0.15) is 0 Å². The summed E-state index contributed by atoms with van der Waals surface area (Å²) in [5.41, 5.74) is 6.03. The van der Waals surface area contributed by atoms with E-state index >= 15 is 0 Å². The lowest BCUT2D eigenvalue weighted by Gasteiger charge is -2.32. The number of carbonyl (C=O) groups excluding carboxylic acids is 1. The van der Waals surface area contributed by atoms with Crippen LogP contribution in [0.25, 0.3) is 0 Å². The van der Waals surface area contributed by atoms with Crippen LogP contribution in [0.4, 0.5) is 0 Å². The molecule has 0 aliphatic carbocycles. The van der Waals surface area contributed by atoms with Crippen LogP contribution in [0.3, 0.4) is 0 Å². The molecule has 118 valence electrons. The molecule has 1 amide bonds. The zero-order valence-electron chi connectivity index (χ0n) is 13.2. The van der Waals surface area contributed by atoms with Gasteiger partial charge in [0, 0.05) is 31.2 Å².